The first-order valence-corrected chi connectivity index (χ1v) is 2.91. The molecule has 0 heterocycles. The van der Waals surface area contributed by atoms with Crippen molar-refractivity contribution < 1.29 is 37.4 Å². The minimum atomic E-state index is -1.26. The van der Waals surface area contributed by atoms with Crippen molar-refractivity contribution in [2.75, 3.05) is 6.26 Å². The number of thioether (sulfide) groups is 1. The first-order valence-electron chi connectivity index (χ1n) is 1.62. The van der Waals surface area contributed by atoms with Crippen LogP contribution in [0, 0.1) is 0 Å². The van der Waals surface area contributed by atoms with Crippen LogP contribution in [-0.2, 0) is 27.2 Å². The van der Waals surface area contributed by atoms with Gasteiger partial charge in [-0.05, 0) is 6.26 Å². The quantitative estimate of drug-likeness (QED) is 0.544. The Morgan fingerprint density at radius 3 is 2.12 bits per heavy atom. The zero-order valence-electron chi connectivity index (χ0n) is 4.09. The van der Waals surface area contributed by atoms with Gasteiger partial charge in [0.1, 0.15) is 0 Å². The van der Waals surface area contributed by atoms with Crippen molar-refractivity contribution in [2.45, 2.75) is 5.44 Å². The number of carboxylic acid groups (broad SMARTS) is 1. The number of aliphatic hydroxyl groups excluding tert-OH is 1. The fraction of sp³-hybridized carbons (Fsp3) is 0.667. The summed E-state index contributed by atoms with van der Waals surface area (Å²) in [4.78, 5) is 9.66. The van der Waals surface area contributed by atoms with E-state index in [-0.39, 0.29) is 22.4 Å². The first kappa shape index (κ1) is 11.3. The van der Waals surface area contributed by atoms with Crippen molar-refractivity contribution in [1.82, 2.24) is 0 Å². The van der Waals surface area contributed by atoms with Crippen LogP contribution in [0.25, 0.3) is 0 Å². The average Bonchev–Trinajstić information content (AvgIpc) is 1.65. The number of rotatable bonds is 2. The second-order valence-corrected chi connectivity index (χ2v) is 1.84. The Kier molecular flexibility index (Phi) is 8.01. The van der Waals surface area contributed by atoms with Crippen molar-refractivity contribution in [3.05, 3.63) is 0 Å². The Labute approximate surface area is 67.0 Å². The topological polar surface area (TPSA) is 57.5 Å². The molecule has 1 atom stereocenters. The zero-order valence-corrected chi connectivity index (χ0v) is 7.07. The molecule has 0 saturated carbocycles. The molecule has 0 aliphatic rings. The molecule has 0 aromatic heterocycles. The molecule has 0 aliphatic carbocycles. The Bertz CT molecular complexity index is 76.9. The van der Waals surface area contributed by atoms with E-state index in [1.165, 1.54) is 6.26 Å². The molecule has 5 heteroatoms. The van der Waals surface area contributed by atoms with Gasteiger partial charge in [-0.25, -0.2) is 4.79 Å². The summed E-state index contributed by atoms with van der Waals surface area (Å²) in [7, 11) is 0. The van der Waals surface area contributed by atoms with Crippen molar-refractivity contribution in [3.63, 3.8) is 0 Å². The van der Waals surface area contributed by atoms with Gasteiger partial charge >= 0.3 is 5.97 Å². The summed E-state index contributed by atoms with van der Waals surface area (Å²) in [6, 6.07) is 0. The minimum absolute atomic E-state index is 0. The summed E-state index contributed by atoms with van der Waals surface area (Å²) < 4.78 is 0. The van der Waals surface area contributed by atoms with Gasteiger partial charge in [-0.1, -0.05) is 0 Å². The van der Waals surface area contributed by atoms with E-state index in [2.05, 4.69) is 0 Å². The van der Waals surface area contributed by atoms with Crippen molar-refractivity contribution in [3.8, 4) is 0 Å². The molecule has 0 rings (SSSR count). The standard InChI is InChI=1S/C3H6O3S.Au/c1-7-3(6)2(4)5;/h3,6H,1H3,(H,4,5);. The van der Waals surface area contributed by atoms with Crippen LogP contribution in [0.5, 0.6) is 0 Å². The summed E-state index contributed by atoms with van der Waals surface area (Å²) in [5.41, 5.74) is -1.26. The summed E-state index contributed by atoms with van der Waals surface area (Å²) >= 11 is 0.889. The summed E-state index contributed by atoms with van der Waals surface area (Å²) in [6.07, 6.45) is 1.53. The molecule has 3 nitrogen and oxygen atoms in total. The zero-order chi connectivity index (χ0) is 5.86. The predicted octanol–water partition coefficient (Wildman–Crippen LogP) is -0.250. The third-order valence-corrected chi connectivity index (χ3v) is 1.08. The van der Waals surface area contributed by atoms with Gasteiger partial charge in [0.2, 0.25) is 0 Å². The monoisotopic (exact) mass is 319 g/mol. The van der Waals surface area contributed by atoms with E-state index in [4.69, 9.17) is 10.2 Å². The average molecular weight is 319 g/mol. The van der Waals surface area contributed by atoms with E-state index in [9.17, 15) is 4.79 Å². The maximum Gasteiger partial charge on any atom is 0.343 e. The van der Waals surface area contributed by atoms with Gasteiger partial charge in [0.05, 0.1) is 0 Å². The van der Waals surface area contributed by atoms with Crippen LogP contribution in [0.15, 0.2) is 0 Å². The summed E-state index contributed by atoms with van der Waals surface area (Å²) in [5.74, 6) is -1.19. The Hall–Kier alpha value is 0.520. The van der Waals surface area contributed by atoms with Crippen LogP contribution >= 0.6 is 11.8 Å². The van der Waals surface area contributed by atoms with Crippen LogP contribution in [0.1, 0.15) is 0 Å². The molecule has 0 spiro atoms. The molecule has 0 aliphatic heterocycles. The normalized spacial score (nSPS) is 11.8. The second-order valence-electron chi connectivity index (χ2n) is 0.926. The van der Waals surface area contributed by atoms with E-state index in [0.29, 0.717) is 0 Å². The van der Waals surface area contributed by atoms with Crippen LogP contribution < -0.4 is 0 Å². The molecule has 0 aromatic carbocycles. The Morgan fingerprint density at radius 2 is 2.12 bits per heavy atom. The molecule has 1 radical (unpaired) electrons. The predicted molar refractivity (Wildman–Crippen MR) is 27.2 cm³/mol. The largest absolute Gasteiger partial charge is 0.479 e. The van der Waals surface area contributed by atoms with E-state index in [1.54, 1.807) is 0 Å². The van der Waals surface area contributed by atoms with Gasteiger partial charge in [-0.15, -0.1) is 11.8 Å². The molecule has 0 amide bonds. The molecule has 0 fully saturated rings. The minimum Gasteiger partial charge on any atom is -0.479 e. The molecular weight excluding hydrogens is 313 g/mol. The number of hydrogen-bond donors (Lipinski definition) is 2. The third kappa shape index (κ3) is 4.67. The fourth-order valence-electron chi connectivity index (χ4n) is 0.101. The van der Waals surface area contributed by atoms with Crippen LogP contribution in [0.4, 0.5) is 0 Å². The third-order valence-electron chi connectivity index (χ3n) is 0.435. The van der Waals surface area contributed by atoms with Gasteiger partial charge in [0.15, 0.2) is 5.44 Å². The fourth-order valence-corrected chi connectivity index (χ4v) is 0.302. The van der Waals surface area contributed by atoms with Crippen molar-refractivity contribution in [2.24, 2.45) is 0 Å². The van der Waals surface area contributed by atoms with Crippen LogP contribution in [-0.4, -0.2) is 27.9 Å². The maximum absolute atomic E-state index is 9.66. The van der Waals surface area contributed by atoms with Gasteiger partial charge in [0.25, 0.3) is 0 Å². The van der Waals surface area contributed by atoms with E-state index < -0.39 is 11.4 Å². The van der Waals surface area contributed by atoms with E-state index in [1.807, 2.05) is 0 Å². The number of hydrogen-bond acceptors (Lipinski definition) is 3. The number of carboxylic acids is 1. The molecule has 0 aromatic rings. The van der Waals surface area contributed by atoms with Gasteiger partial charge < -0.3 is 10.2 Å². The molecule has 1 unspecified atom stereocenters. The second kappa shape index (κ2) is 5.65. The number of aliphatic hydroxyl groups is 1. The van der Waals surface area contributed by atoms with E-state index >= 15 is 0 Å². The Morgan fingerprint density at radius 1 is 1.75 bits per heavy atom. The summed E-state index contributed by atoms with van der Waals surface area (Å²) in [6.45, 7) is 0. The smallest absolute Gasteiger partial charge is 0.343 e. The van der Waals surface area contributed by atoms with Gasteiger partial charge in [-0.3, -0.25) is 0 Å². The SMILES string of the molecule is CSC(O)C(=O)O.[Au]. The molecule has 53 valence electrons. The van der Waals surface area contributed by atoms with Crippen molar-refractivity contribution >= 4 is 17.7 Å². The Balaban J connectivity index is 0. The molecule has 2 N–H and O–H groups in total. The van der Waals surface area contributed by atoms with Crippen molar-refractivity contribution in [1.29, 1.82) is 0 Å². The molecule has 0 bridgehead atoms. The molecular formula is C3H6AuO3S. The van der Waals surface area contributed by atoms with Gasteiger partial charge in [0, 0.05) is 22.4 Å². The number of aliphatic carboxylic acids is 1. The van der Waals surface area contributed by atoms with E-state index in [0.717, 1.165) is 11.8 Å². The number of carbonyl (C=O) groups is 1. The molecule has 8 heavy (non-hydrogen) atoms. The molecule has 0 saturated heterocycles. The van der Waals surface area contributed by atoms with Crippen LogP contribution in [0.3, 0.4) is 0 Å². The van der Waals surface area contributed by atoms with Crippen LogP contribution in [0.2, 0.25) is 0 Å². The maximum atomic E-state index is 9.66. The first-order chi connectivity index (χ1) is 3.18. The summed E-state index contributed by atoms with van der Waals surface area (Å²) in [5, 5.41) is 16.2. The van der Waals surface area contributed by atoms with Gasteiger partial charge in [-0.2, -0.15) is 0 Å².